The molecule has 2 N–H and O–H groups in total. The Morgan fingerprint density at radius 3 is 2.41 bits per heavy atom. The number of carbonyl (C=O) groups is 2. The molecule has 2 unspecified atom stereocenters. The molecular weight excluding hydrogens is 410 g/mol. The van der Waals surface area contributed by atoms with Crippen molar-refractivity contribution in [2.45, 2.75) is 57.6 Å². The lowest BCUT2D eigenvalue weighted by Crippen LogP contribution is -2.63. The second-order valence-corrected chi connectivity index (χ2v) is 9.95. The summed E-state index contributed by atoms with van der Waals surface area (Å²) in [6.07, 6.45) is 4.24. The molecule has 1 aromatic rings. The Labute approximate surface area is 168 Å². The summed E-state index contributed by atoms with van der Waals surface area (Å²) in [7, 11) is 0. The van der Waals surface area contributed by atoms with Crippen molar-refractivity contribution < 1.29 is 19.4 Å². The van der Waals surface area contributed by atoms with Gasteiger partial charge in [0, 0.05) is 6.04 Å². The zero-order valence-electron chi connectivity index (χ0n) is 15.7. The van der Waals surface area contributed by atoms with Gasteiger partial charge in [0.2, 0.25) is 0 Å². The first-order chi connectivity index (χ1) is 12.7. The highest BCUT2D eigenvalue weighted by molar-refractivity contribution is 9.10. The summed E-state index contributed by atoms with van der Waals surface area (Å²) in [5.41, 5.74) is -1.57. The molecule has 6 heteroatoms. The van der Waals surface area contributed by atoms with E-state index in [4.69, 9.17) is 4.74 Å². The fourth-order valence-electron chi connectivity index (χ4n) is 5.70. The number of nitrogens with one attached hydrogen (secondary N) is 1. The average Bonchev–Trinajstić information content (AvgIpc) is 2.59. The summed E-state index contributed by atoms with van der Waals surface area (Å²) in [5, 5.41) is 13.0. The molecule has 1 aromatic carbocycles. The maximum atomic E-state index is 13.0. The number of halogens is 1. The summed E-state index contributed by atoms with van der Waals surface area (Å²) in [4.78, 5) is 24.9. The highest BCUT2D eigenvalue weighted by atomic mass is 79.9. The smallest absolute Gasteiger partial charge is 0.309 e. The number of benzene rings is 1. The number of amides is 1. The standard InChI is InChI=1S/C21H26BrNO4/c1-20(2,27-16-6-4-3-5-15(16)22)18(24)23-17-13-7-12-8-14(17)11-21(9-12,10-13)19(25)26/h3-6,12-14,17H,7-11H2,1-2H3,(H,23,24)(H,25,26). The van der Waals surface area contributed by atoms with Crippen LogP contribution in [0, 0.1) is 23.2 Å². The van der Waals surface area contributed by atoms with Gasteiger partial charge in [0.05, 0.1) is 9.89 Å². The second-order valence-electron chi connectivity index (χ2n) is 9.10. The highest BCUT2D eigenvalue weighted by Crippen LogP contribution is 2.60. The molecule has 5 rings (SSSR count). The lowest BCUT2D eigenvalue weighted by Gasteiger charge is -2.58. The van der Waals surface area contributed by atoms with E-state index in [1.54, 1.807) is 13.8 Å². The van der Waals surface area contributed by atoms with Gasteiger partial charge in [0.15, 0.2) is 5.60 Å². The van der Waals surface area contributed by atoms with Gasteiger partial charge in [0.25, 0.3) is 5.91 Å². The number of aliphatic carboxylic acids is 1. The highest BCUT2D eigenvalue weighted by Gasteiger charge is 2.59. The third-order valence-corrected chi connectivity index (χ3v) is 7.43. The van der Waals surface area contributed by atoms with E-state index in [-0.39, 0.29) is 23.8 Å². The lowest BCUT2D eigenvalue weighted by atomic mass is 9.48. The van der Waals surface area contributed by atoms with Crippen LogP contribution in [-0.2, 0) is 9.59 Å². The zero-order chi connectivity index (χ0) is 19.4. The van der Waals surface area contributed by atoms with Gasteiger partial charge < -0.3 is 15.2 Å². The van der Waals surface area contributed by atoms with Gasteiger partial charge in [0.1, 0.15) is 5.75 Å². The monoisotopic (exact) mass is 435 g/mol. The normalized spacial score (nSPS) is 34.3. The van der Waals surface area contributed by atoms with Crippen LogP contribution in [0.3, 0.4) is 0 Å². The van der Waals surface area contributed by atoms with E-state index in [9.17, 15) is 14.7 Å². The maximum Gasteiger partial charge on any atom is 0.309 e. The molecule has 4 aliphatic rings. The molecule has 0 aromatic heterocycles. The van der Waals surface area contributed by atoms with Crippen LogP contribution in [0.5, 0.6) is 5.75 Å². The molecule has 0 heterocycles. The van der Waals surface area contributed by atoms with Crippen LogP contribution in [0.4, 0.5) is 0 Å². The van der Waals surface area contributed by atoms with E-state index in [0.29, 0.717) is 24.5 Å². The van der Waals surface area contributed by atoms with Crippen molar-refractivity contribution in [3.8, 4) is 5.75 Å². The van der Waals surface area contributed by atoms with Crippen molar-refractivity contribution in [1.82, 2.24) is 5.32 Å². The topological polar surface area (TPSA) is 75.6 Å². The molecular formula is C21H26BrNO4. The number of para-hydroxylation sites is 1. The number of carboxylic acid groups (broad SMARTS) is 1. The van der Waals surface area contributed by atoms with Crippen LogP contribution in [-0.4, -0.2) is 28.6 Å². The fraction of sp³-hybridized carbons (Fsp3) is 0.619. The van der Waals surface area contributed by atoms with Crippen LogP contribution in [0.2, 0.25) is 0 Å². The van der Waals surface area contributed by atoms with Crippen molar-refractivity contribution in [2.75, 3.05) is 0 Å². The van der Waals surface area contributed by atoms with Gasteiger partial charge in [-0.2, -0.15) is 0 Å². The number of carbonyl (C=O) groups excluding carboxylic acids is 1. The quantitative estimate of drug-likeness (QED) is 0.732. The van der Waals surface area contributed by atoms with Crippen LogP contribution in [0.25, 0.3) is 0 Å². The Morgan fingerprint density at radius 1 is 1.19 bits per heavy atom. The van der Waals surface area contributed by atoms with Gasteiger partial charge in [-0.25, -0.2) is 0 Å². The summed E-state index contributed by atoms with van der Waals surface area (Å²) in [5.74, 6) is 0.861. The summed E-state index contributed by atoms with van der Waals surface area (Å²) in [6, 6.07) is 7.54. The minimum atomic E-state index is -1.01. The molecule has 0 spiro atoms. The molecule has 4 saturated carbocycles. The van der Waals surface area contributed by atoms with Crippen molar-refractivity contribution >= 4 is 27.8 Å². The first-order valence-electron chi connectivity index (χ1n) is 9.68. The van der Waals surface area contributed by atoms with Crippen LogP contribution < -0.4 is 10.1 Å². The Morgan fingerprint density at radius 2 is 1.81 bits per heavy atom. The van der Waals surface area contributed by atoms with E-state index in [0.717, 1.165) is 23.7 Å². The largest absolute Gasteiger partial charge is 0.481 e. The fourth-order valence-corrected chi connectivity index (χ4v) is 6.06. The predicted octanol–water partition coefficient (Wildman–Crippen LogP) is 4.00. The molecule has 4 bridgehead atoms. The van der Waals surface area contributed by atoms with Crippen LogP contribution in [0.15, 0.2) is 28.7 Å². The second kappa shape index (κ2) is 6.50. The molecule has 2 atom stereocenters. The van der Waals surface area contributed by atoms with Gasteiger partial charge in [-0.1, -0.05) is 12.1 Å². The number of rotatable bonds is 5. The predicted molar refractivity (Wildman–Crippen MR) is 104 cm³/mol. The van der Waals surface area contributed by atoms with E-state index < -0.39 is 17.0 Å². The van der Waals surface area contributed by atoms with Crippen molar-refractivity contribution in [2.24, 2.45) is 23.2 Å². The first-order valence-corrected chi connectivity index (χ1v) is 10.5. The van der Waals surface area contributed by atoms with Crippen LogP contribution in [0.1, 0.15) is 46.0 Å². The number of ether oxygens (including phenoxy) is 1. The summed E-state index contributed by atoms with van der Waals surface area (Å²) < 4.78 is 6.80. The lowest BCUT2D eigenvalue weighted by molar-refractivity contribution is -0.168. The molecule has 1 amide bonds. The van der Waals surface area contributed by atoms with E-state index in [2.05, 4.69) is 21.2 Å². The minimum Gasteiger partial charge on any atom is -0.481 e. The minimum absolute atomic E-state index is 0.0589. The van der Waals surface area contributed by atoms with Crippen molar-refractivity contribution in [3.05, 3.63) is 28.7 Å². The Kier molecular flexibility index (Phi) is 4.53. The zero-order valence-corrected chi connectivity index (χ0v) is 17.3. The average molecular weight is 436 g/mol. The first kappa shape index (κ1) is 18.8. The molecule has 4 fully saturated rings. The summed E-state index contributed by atoms with van der Waals surface area (Å²) >= 11 is 3.45. The van der Waals surface area contributed by atoms with Crippen molar-refractivity contribution in [1.29, 1.82) is 0 Å². The number of carboxylic acids is 1. The van der Waals surface area contributed by atoms with Gasteiger partial charge in [-0.15, -0.1) is 0 Å². The summed E-state index contributed by atoms with van der Waals surface area (Å²) in [6.45, 7) is 3.55. The van der Waals surface area contributed by atoms with E-state index in [1.165, 1.54) is 0 Å². The third-order valence-electron chi connectivity index (χ3n) is 6.77. The van der Waals surface area contributed by atoms with Gasteiger partial charge in [-0.05, 0) is 91.8 Å². The molecule has 0 saturated heterocycles. The van der Waals surface area contributed by atoms with Crippen molar-refractivity contribution in [3.63, 3.8) is 0 Å². The Bertz CT molecular complexity index is 761. The molecule has 5 nitrogen and oxygen atoms in total. The molecule has 146 valence electrons. The SMILES string of the molecule is CC(C)(Oc1ccccc1Br)C(=O)NC1C2CC3CC1CC(C(=O)O)(C3)C2. The number of hydrogen-bond acceptors (Lipinski definition) is 3. The molecule has 4 aliphatic carbocycles. The number of hydrogen-bond donors (Lipinski definition) is 2. The van der Waals surface area contributed by atoms with E-state index in [1.807, 2.05) is 24.3 Å². The van der Waals surface area contributed by atoms with Crippen LogP contribution >= 0.6 is 15.9 Å². The molecule has 0 radical (unpaired) electrons. The van der Waals surface area contributed by atoms with E-state index >= 15 is 0 Å². The molecule has 0 aliphatic heterocycles. The third kappa shape index (κ3) is 3.26. The van der Waals surface area contributed by atoms with Gasteiger partial charge in [-0.3, -0.25) is 9.59 Å². The Balaban J connectivity index is 1.47. The Hall–Kier alpha value is -1.56. The molecule has 27 heavy (non-hydrogen) atoms. The maximum absolute atomic E-state index is 13.0. The van der Waals surface area contributed by atoms with Gasteiger partial charge >= 0.3 is 5.97 Å².